The van der Waals surface area contributed by atoms with E-state index in [1.54, 1.807) is 24.5 Å². The minimum atomic E-state index is -0.343. The molecule has 148 valence electrons. The van der Waals surface area contributed by atoms with Crippen LogP contribution in [-0.4, -0.2) is 15.9 Å². The van der Waals surface area contributed by atoms with Gasteiger partial charge in [0.25, 0.3) is 5.91 Å². The first-order chi connectivity index (χ1) is 14.6. The van der Waals surface area contributed by atoms with Crippen molar-refractivity contribution in [2.45, 2.75) is 6.92 Å². The molecule has 0 spiro atoms. The zero-order valence-corrected chi connectivity index (χ0v) is 16.2. The Bertz CT molecular complexity index is 1180. The van der Waals surface area contributed by atoms with E-state index in [9.17, 15) is 9.18 Å². The lowest BCUT2D eigenvalue weighted by Crippen LogP contribution is -2.11. The largest absolute Gasteiger partial charge is 0.424 e. The lowest BCUT2D eigenvalue weighted by Gasteiger charge is -2.08. The molecule has 1 amide bonds. The van der Waals surface area contributed by atoms with Gasteiger partial charge in [-0.05, 0) is 66.6 Å². The molecular formula is C24H18FN3O2. The fourth-order valence-electron chi connectivity index (χ4n) is 2.89. The highest BCUT2D eigenvalue weighted by molar-refractivity contribution is 6.05. The number of halogens is 1. The second kappa shape index (κ2) is 8.53. The van der Waals surface area contributed by atoms with Gasteiger partial charge in [-0.15, -0.1) is 0 Å². The molecule has 0 saturated carbocycles. The molecular weight excluding hydrogens is 381 g/mol. The van der Waals surface area contributed by atoms with Crippen molar-refractivity contribution in [3.63, 3.8) is 0 Å². The van der Waals surface area contributed by atoms with Crippen LogP contribution in [0.3, 0.4) is 0 Å². The van der Waals surface area contributed by atoms with Gasteiger partial charge in [0.2, 0.25) is 0 Å². The van der Waals surface area contributed by atoms with Crippen molar-refractivity contribution < 1.29 is 13.9 Å². The van der Waals surface area contributed by atoms with Crippen molar-refractivity contribution in [1.82, 2.24) is 9.97 Å². The van der Waals surface area contributed by atoms with Crippen LogP contribution in [0.1, 0.15) is 15.9 Å². The Morgan fingerprint density at radius 1 is 0.900 bits per heavy atom. The Hall–Kier alpha value is -4.06. The molecule has 4 rings (SSSR count). The zero-order valence-electron chi connectivity index (χ0n) is 16.2. The summed E-state index contributed by atoms with van der Waals surface area (Å²) in [6.07, 6.45) is 3.23. The number of ether oxygens (including phenoxy) is 1. The standard InChI is InChI=1S/C24H18FN3O2/c1-16-4-2-7-21(12-16)28-23(29)18-6-3-5-17(13-18)19-14-26-24(27-15-19)30-22-10-8-20(25)9-11-22/h2-15H,1H3,(H,28,29). The molecule has 0 radical (unpaired) electrons. The summed E-state index contributed by atoms with van der Waals surface area (Å²) in [6.45, 7) is 1.97. The summed E-state index contributed by atoms with van der Waals surface area (Å²) in [7, 11) is 0. The highest BCUT2D eigenvalue weighted by Crippen LogP contribution is 2.23. The van der Waals surface area contributed by atoms with Crippen molar-refractivity contribution >= 4 is 11.6 Å². The number of aromatic nitrogens is 2. The van der Waals surface area contributed by atoms with Crippen LogP contribution >= 0.6 is 0 Å². The van der Waals surface area contributed by atoms with Crippen LogP contribution in [0.4, 0.5) is 10.1 Å². The molecule has 0 atom stereocenters. The number of anilines is 1. The molecule has 30 heavy (non-hydrogen) atoms. The van der Waals surface area contributed by atoms with Crippen molar-refractivity contribution in [2.75, 3.05) is 5.32 Å². The summed E-state index contributed by atoms with van der Waals surface area (Å²) in [5, 5.41) is 2.90. The van der Waals surface area contributed by atoms with Gasteiger partial charge in [-0.3, -0.25) is 4.79 Å². The summed E-state index contributed by atoms with van der Waals surface area (Å²) in [6, 6.07) is 20.6. The van der Waals surface area contributed by atoms with Gasteiger partial charge in [0.15, 0.2) is 0 Å². The van der Waals surface area contributed by atoms with Crippen molar-refractivity contribution in [1.29, 1.82) is 0 Å². The summed E-state index contributed by atoms with van der Waals surface area (Å²) in [4.78, 5) is 21.0. The predicted octanol–water partition coefficient (Wildman–Crippen LogP) is 5.64. The molecule has 1 heterocycles. The maximum atomic E-state index is 13.0. The van der Waals surface area contributed by atoms with Crippen molar-refractivity contribution in [3.8, 4) is 22.9 Å². The first-order valence-corrected chi connectivity index (χ1v) is 9.31. The molecule has 0 aliphatic carbocycles. The number of rotatable bonds is 5. The van der Waals surface area contributed by atoms with E-state index < -0.39 is 0 Å². The van der Waals surface area contributed by atoms with Gasteiger partial charge >= 0.3 is 6.01 Å². The molecule has 4 aromatic rings. The second-order valence-electron chi connectivity index (χ2n) is 6.71. The molecule has 0 aliphatic rings. The Balaban J connectivity index is 1.49. The van der Waals surface area contributed by atoms with Gasteiger partial charge in [0.1, 0.15) is 11.6 Å². The molecule has 6 heteroatoms. The first-order valence-electron chi connectivity index (χ1n) is 9.31. The molecule has 1 aromatic heterocycles. The smallest absolute Gasteiger partial charge is 0.321 e. The van der Waals surface area contributed by atoms with E-state index in [2.05, 4.69) is 15.3 Å². The van der Waals surface area contributed by atoms with E-state index >= 15 is 0 Å². The maximum Gasteiger partial charge on any atom is 0.321 e. The third kappa shape index (κ3) is 4.67. The fourth-order valence-corrected chi connectivity index (χ4v) is 2.89. The minimum Gasteiger partial charge on any atom is -0.424 e. The number of amides is 1. The van der Waals surface area contributed by atoms with E-state index in [1.807, 2.05) is 43.3 Å². The minimum absolute atomic E-state index is 0.152. The van der Waals surface area contributed by atoms with Crippen molar-refractivity contribution in [3.05, 3.63) is 102 Å². The highest BCUT2D eigenvalue weighted by Gasteiger charge is 2.09. The number of hydrogen-bond acceptors (Lipinski definition) is 4. The van der Waals surface area contributed by atoms with E-state index in [-0.39, 0.29) is 17.7 Å². The summed E-state index contributed by atoms with van der Waals surface area (Å²) >= 11 is 0. The Kier molecular flexibility index (Phi) is 5.48. The maximum absolute atomic E-state index is 13.0. The lowest BCUT2D eigenvalue weighted by molar-refractivity contribution is 0.102. The fraction of sp³-hybridized carbons (Fsp3) is 0.0417. The Morgan fingerprint density at radius 3 is 2.37 bits per heavy atom. The highest BCUT2D eigenvalue weighted by atomic mass is 19.1. The van der Waals surface area contributed by atoms with Crippen LogP contribution in [0.5, 0.6) is 11.8 Å². The molecule has 5 nitrogen and oxygen atoms in total. The Labute approximate surface area is 173 Å². The summed E-state index contributed by atoms with van der Waals surface area (Å²) < 4.78 is 18.5. The van der Waals surface area contributed by atoms with E-state index in [0.717, 1.165) is 22.4 Å². The second-order valence-corrected chi connectivity index (χ2v) is 6.71. The van der Waals surface area contributed by atoms with E-state index in [1.165, 1.54) is 24.3 Å². The van der Waals surface area contributed by atoms with Gasteiger partial charge < -0.3 is 10.1 Å². The number of hydrogen-bond donors (Lipinski definition) is 1. The lowest BCUT2D eigenvalue weighted by atomic mass is 10.1. The molecule has 3 aromatic carbocycles. The molecule has 0 bridgehead atoms. The third-order valence-electron chi connectivity index (χ3n) is 4.38. The van der Waals surface area contributed by atoms with Crippen molar-refractivity contribution in [2.24, 2.45) is 0 Å². The van der Waals surface area contributed by atoms with Gasteiger partial charge in [-0.25, -0.2) is 14.4 Å². The quantitative estimate of drug-likeness (QED) is 0.472. The van der Waals surface area contributed by atoms with Crippen LogP contribution in [0.2, 0.25) is 0 Å². The molecule has 0 aliphatic heterocycles. The van der Waals surface area contributed by atoms with Crippen LogP contribution in [-0.2, 0) is 0 Å². The topological polar surface area (TPSA) is 64.1 Å². The van der Waals surface area contributed by atoms with Gasteiger partial charge in [0.05, 0.1) is 0 Å². The summed E-state index contributed by atoms with van der Waals surface area (Å²) in [5.74, 6) is -0.0940. The SMILES string of the molecule is Cc1cccc(NC(=O)c2cccc(-c3cnc(Oc4ccc(F)cc4)nc3)c2)c1. The number of aryl methyl sites for hydroxylation is 1. The number of carbonyl (C=O) groups excluding carboxylic acids is 1. The average Bonchev–Trinajstić information content (AvgIpc) is 2.76. The zero-order chi connectivity index (χ0) is 20.9. The number of nitrogens with zero attached hydrogens (tertiary/aromatic N) is 2. The van der Waals surface area contributed by atoms with E-state index in [0.29, 0.717) is 11.3 Å². The number of benzene rings is 3. The monoisotopic (exact) mass is 399 g/mol. The molecule has 1 N–H and O–H groups in total. The normalized spacial score (nSPS) is 10.5. The first kappa shape index (κ1) is 19.3. The molecule has 0 saturated heterocycles. The molecule has 0 fully saturated rings. The van der Waals surface area contributed by atoms with Gasteiger partial charge in [-0.1, -0.05) is 24.3 Å². The van der Waals surface area contributed by atoms with Crippen LogP contribution in [0.15, 0.2) is 85.2 Å². The van der Waals surface area contributed by atoms with Crippen LogP contribution < -0.4 is 10.1 Å². The van der Waals surface area contributed by atoms with Crippen LogP contribution in [0.25, 0.3) is 11.1 Å². The average molecular weight is 399 g/mol. The Morgan fingerprint density at radius 2 is 1.63 bits per heavy atom. The number of carbonyl (C=O) groups is 1. The molecule has 0 unspecified atom stereocenters. The number of nitrogens with one attached hydrogen (secondary N) is 1. The van der Waals surface area contributed by atoms with Gasteiger partial charge in [-0.2, -0.15) is 0 Å². The summed E-state index contributed by atoms with van der Waals surface area (Å²) in [5.41, 5.74) is 3.89. The third-order valence-corrected chi connectivity index (χ3v) is 4.38. The van der Waals surface area contributed by atoms with E-state index in [4.69, 9.17) is 4.74 Å². The van der Waals surface area contributed by atoms with Gasteiger partial charge in [0, 0.05) is 29.2 Å². The van der Waals surface area contributed by atoms with Crippen LogP contribution in [0, 0.1) is 12.7 Å². The predicted molar refractivity (Wildman–Crippen MR) is 113 cm³/mol.